The molecular formula is C15H15FN2O3. The maximum atomic E-state index is 13.3. The molecule has 0 aliphatic heterocycles. The van der Waals surface area contributed by atoms with Crippen LogP contribution in [0, 0.1) is 12.7 Å². The Hall–Kier alpha value is -2.63. The Morgan fingerprint density at radius 2 is 2.05 bits per heavy atom. The first-order chi connectivity index (χ1) is 10.1. The van der Waals surface area contributed by atoms with Gasteiger partial charge in [0.15, 0.2) is 0 Å². The standard InChI is InChI=1S/C15H15FN2O3/c1-10-2-3-12(8-13(10)16)18-15(20)14(19)17-6-4-11-5-7-21-9-11/h2-3,5,7-9H,4,6H2,1H3,(H,17,19)(H,18,20). The molecule has 1 aromatic carbocycles. The van der Waals surface area contributed by atoms with Gasteiger partial charge in [-0.25, -0.2) is 4.39 Å². The molecule has 110 valence electrons. The number of carbonyl (C=O) groups is 2. The van der Waals surface area contributed by atoms with Crippen LogP contribution in [0.1, 0.15) is 11.1 Å². The van der Waals surface area contributed by atoms with Gasteiger partial charge in [0.25, 0.3) is 0 Å². The highest BCUT2D eigenvalue weighted by Crippen LogP contribution is 2.13. The molecular weight excluding hydrogens is 275 g/mol. The molecule has 2 rings (SSSR count). The third-order valence-corrected chi connectivity index (χ3v) is 2.92. The van der Waals surface area contributed by atoms with Crippen molar-refractivity contribution in [3.8, 4) is 0 Å². The van der Waals surface area contributed by atoms with Crippen LogP contribution in [0.2, 0.25) is 0 Å². The number of benzene rings is 1. The van der Waals surface area contributed by atoms with E-state index in [1.165, 1.54) is 24.5 Å². The number of hydrogen-bond acceptors (Lipinski definition) is 3. The van der Waals surface area contributed by atoms with Gasteiger partial charge in [-0.05, 0) is 42.7 Å². The van der Waals surface area contributed by atoms with Crippen LogP contribution in [0.4, 0.5) is 10.1 Å². The summed E-state index contributed by atoms with van der Waals surface area (Å²) in [5.74, 6) is -2.03. The van der Waals surface area contributed by atoms with E-state index in [1.54, 1.807) is 19.3 Å². The second-order valence-corrected chi connectivity index (χ2v) is 4.56. The van der Waals surface area contributed by atoms with Crippen molar-refractivity contribution >= 4 is 17.5 Å². The smallest absolute Gasteiger partial charge is 0.313 e. The number of furan rings is 1. The summed E-state index contributed by atoms with van der Waals surface area (Å²) >= 11 is 0. The van der Waals surface area contributed by atoms with Crippen molar-refractivity contribution in [3.05, 3.63) is 53.7 Å². The number of aryl methyl sites for hydroxylation is 1. The fourth-order valence-electron chi connectivity index (χ4n) is 1.69. The average molecular weight is 290 g/mol. The Bertz CT molecular complexity index is 638. The highest BCUT2D eigenvalue weighted by atomic mass is 19.1. The fraction of sp³-hybridized carbons (Fsp3) is 0.200. The average Bonchev–Trinajstić information content (AvgIpc) is 2.96. The topological polar surface area (TPSA) is 71.3 Å². The van der Waals surface area contributed by atoms with Gasteiger partial charge in [0.05, 0.1) is 12.5 Å². The molecule has 0 saturated carbocycles. The van der Waals surface area contributed by atoms with E-state index in [9.17, 15) is 14.0 Å². The summed E-state index contributed by atoms with van der Waals surface area (Å²) in [5, 5.41) is 4.82. The number of anilines is 1. The number of carbonyl (C=O) groups excluding carboxylic acids is 2. The van der Waals surface area contributed by atoms with E-state index >= 15 is 0 Å². The van der Waals surface area contributed by atoms with Gasteiger partial charge < -0.3 is 15.1 Å². The van der Waals surface area contributed by atoms with Gasteiger partial charge in [0, 0.05) is 12.2 Å². The summed E-state index contributed by atoms with van der Waals surface area (Å²) in [7, 11) is 0. The monoisotopic (exact) mass is 290 g/mol. The quantitative estimate of drug-likeness (QED) is 0.846. The van der Waals surface area contributed by atoms with Gasteiger partial charge in [0.1, 0.15) is 5.82 Å². The molecule has 0 radical (unpaired) electrons. The van der Waals surface area contributed by atoms with Gasteiger partial charge in [-0.15, -0.1) is 0 Å². The van der Waals surface area contributed by atoms with Crippen LogP contribution in [0.25, 0.3) is 0 Å². The van der Waals surface area contributed by atoms with Crippen LogP contribution in [0.5, 0.6) is 0 Å². The van der Waals surface area contributed by atoms with Crippen LogP contribution in [0.15, 0.2) is 41.2 Å². The van der Waals surface area contributed by atoms with E-state index in [4.69, 9.17) is 4.42 Å². The maximum absolute atomic E-state index is 13.3. The third kappa shape index (κ3) is 4.17. The lowest BCUT2D eigenvalue weighted by atomic mass is 10.2. The maximum Gasteiger partial charge on any atom is 0.313 e. The highest BCUT2D eigenvalue weighted by molar-refractivity contribution is 6.39. The van der Waals surface area contributed by atoms with Crippen molar-refractivity contribution in [2.45, 2.75) is 13.3 Å². The second kappa shape index (κ2) is 6.69. The van der Waals surface area contributed by atoms with Gasteiger partial charge in [0.2, 0.25) is 0 Å². The number of rotatable bonds is 4. The van der Waals surface area contributed by atoms with Crippen molar-refractivity contribution in [1.29, 1.82) is 0 Å². The van der Waals surface area contributed by atoms with Gasteiger partial charge in [-0.2, -0.15) is 0 Å². The van der Waals surface area contributed by atoms with E-state index in [-0.39, 0.29) is 5.69 Å². The van der Waals surface area contributed by atoms with Crippen LogP contribution < -0.4 is 10.6 Å². The Morgan fingerprint density at radius 1 is 1.24 bits per heavy atom. The number of amides is 2. The minimum Gasteiger partial charge on any atom is -0.472 e. The molecule has 5 nitrogen and oxygen atoms in total. The van der Waals surface area contributed by atoms with Crippen molar-refractivity contribution in [2.24, 2.45) is 0 Å². The van der Waals surface area contributed by atoms with E-state index < -0.39 is 17.6 Å². The normalized spacial score (nSPS) is 10.2. The molecule has 0 fully saturated rings. The van der Waals surface area contributed by atoms with E-state index in [0.29, 0.717) is 18.5 Å². The lowest BCUT2D eigenvalue weighted by molar-refractivity contribution is -0.136. The summed E-state index contributed by atoms with van der Waals surface area (Å²) in [6.07, 6.45) is 3.67. The largest absolute Gasteiger partial charge is 0.472 e. The summed E-state index contributed by atoms with van der Waals surface area (Å²) < 4.78 is 18.2. The van der Waals surface area contributed by atoms with E-state index in [1.807, 2.05) is 0 Å². The second-order valence-electron chi connectivity index (χ2n) is 4.56. The lowest BCUT2D eigenvalue weighted by Crippen LogP contribution is -2.36. The van der Waals surface area contributed by atoms with Crippen molar-refractivity contribution in [1.82, 2.24) is 5.32 Å². The molecule has 2 amide bonds. The molecule has 0 spiro atoms. The minimum absolute atomic E-state index is 0.244. The van der Waals surface area contributed by atoms with Crippen LogP contribution in [-0.2, 0) is 16.0 Å². The van der Waals surface area contributed by atoms with Gasteiger partial charge in [-0.1, -0.05) is 6.07 Å². The van der Waals surface area contributed by atoms with E-state index in [0.717, 1.165) is 5.56 Å². The van der Waals surface area contributed by atoms with Crippen LogP contribution >= 0.6 is 0 Å². The molecule has 6 heteroatoms. The number of halogens is 1. The Labute approximate surface area is 121 Å². The van der Waals surface area contributed by atoms with Crippen LogP contribution in [-0.4, -0.2) is 18.4 Å². The van der Waals surface area contributed by atoms with Crippen molar-refractivity contribution < 1.29 is 18.4 Å². The molecule has 0 bridgehead atoms. The third-order valence-electron chi connectivity index (χ3n) is 2.92. The summed E-state index contributed by atoms with van der Waals surface area (Å²) in [4.78, 5) is 23.2. The summed E-state index contributed by atoms with van der Waals surface area (Å²) in [6, 6.07) is 6.02. The summed E-state index contributed by atoms with van der Waals surface area (Å²) in [6.45, 7) is 1.93. The van der Waals surface area contributed by atoms with Crippen molar-refractivity contribution in [2.75, 3.05) is 11.9 Å². The molecule has 21 heavy (non-hydrogen) atoms. The fourth-order valence-corrected chi connectivity index (χ4v) is 1.69. The van der Waals surface area contributed by atoms with Gasteiger partial charge >= 0.3 is 11.8 Å². The molecule has 0 aliphatic rings. The Balaban J connectivity index is 1.81. The minimum atomic E-state index is -0.828. The number of nitrogens with one attached hydrogen (secondary N) is 2. The first-order valence-corrected chi connectivity index (χ1v) is 6.42. The predicted molar refractivity (Wildman–Crippen MR) is 75.2 cm³/mol. The molecule has 0 aliphatic carbocycles. The molecule has 1 heterocycles. The first kappa shape index (κ1) is 14.8. The Kier molecular flexibility index (Phi) is 4.71. The molecule has 0 unspecified atom stereocenters. The Morgan fingerprint density at radius 3 is 2.71 bits per heavy atom. The highest BCUT2D eigenvalue weighted by Gasteiger charge is 2.13. The SMILES string of the molecule is Cc1ccc(NC(=O)C(=O)NCCc2ccoc2)cc1F. The molecule has 1 aromatic heterocycles. The van der Waals surface area contributed by atoms with E-state index in [2.05, 4.69) is 10.6 Å². The van der Waals surface area contributed by atoms with Crippen LogP contribution in [0.3, 0.4) is 0 Å². The molecule has 2 aromatic rings. The molecule has 0 saturated heterocycles. The van der Waals surface area contributed by atoms with Gasteiger partial charge in [-0.3, -0.25) is 9.59 Å². The molecule has 0 atom stereocenters. The first-order valence-electron chi connectivity index (χ1n) is 6.42. The zero-order valence-corrected chi connectivity index (χ0v) is 11.5. The predicted octanol–water partition coefficient (Wildman–Crippen LogP) is 2.02. The summed E-state index contributed by atoms with van der Waals surface area (Å²) in [5.41, 5.74) is 1.64. The zero-order chi connectivity index (χ0) is 15.2. The van der Waals surface area contributed by atoms with Crippen molar-refractivity contribution in [3.63, 3.8) is 0 Å². The molecule has 2 N–H and O–H groups in total. The number of hydrogen-bond donors (Lipinski definition) is 2. The lowest BCUT2D eigenvalue weighted by Gasteiger charge is -2.07. The zero-order valence-electron chi connectivity index (χ0n) is 11.5.